The van der Waals surface area contributed by atoms with E-state index in [0.717, 1.165) is 18.2 Å². The summed E-state index contributed by atoms with van der Waals surface area (Å²) < 4.78 is 18.1. The highest BCUT2D eigenvalue weighted by atomic mass is 19.1. The number of allylic oxidation sites excluding steroid dienone is 2. The van der Waals surface area contributed by atoms with E-state index in [1.54, 1.807) is 20.8 Å². The topological polar surface area (TPSA) is 89.6 Å². The van der Waals surface area contributed by atoms with Gasteiger partial charge in [-0.1, -0.05) is 0 Å². The van der Waals surface area contributed by atoms with Crippen LogP contribution in [0.4, 0.5) is 4.39 Å². The first-order chi connectivity index (χ1) is 8.06. The third-order valence-electron chi connectivity index (χ3n) is 2.38. The Morgan fingerprint density at radius 1 is 1.50 bits per heavy atom. The van der Waals surface area contributed by atoms with E-state index in [1.165, 1.54) is 0 Å². The molecule has 0 bridgehead atoms. The summed E-state index contributed by atoms with van der Waals surface area (Å²) in [4.78, 5) is 23.0. The molecule has 0 aliphatic heterocycles. The van der Waals surface area contributed by atoms with Gasteiger partial charge in [-0.05, 0) is 39.0 Å². The van der Waals surface area contributed by atoms with E-state index in [1.807, 2.05) is 0 Å². The van der Waals surface area contributed by atoms with Crippen molar-refractivity contribution in [3.05, 3.63) is 24.1 Å². The maximum Gasteiger partial charge on any atom is 0.331 e. The zero-order valence-electron chi connectivity index (χ0n) is 10.4. The maximum atomic E-state index is 13.0. The molecule has 2 atom stereocenters. The van der Waals surface area contributed by atoms with Gasteiger partial charge in [-0.25, -0.2) is 9.18 Å². The Balaban J connectivity index is 3.07. The standard InChI is InChI=1S/C12H16FNO4/c1-11(2,3)18-10(17)12(14)5-4-7(13)6-8(12)9(15)16/h4-6,8H,14H2,1-3H3,(H,15,16). The van der Waals surface area contributed by atoms with Crippen molar-refractivity contribution in [3.63, 3.8) is 0 Å². The first kappa shape index (κ1) is 14.4. The van der Waals surface area contributed by atoms with Gasteiger partial charge in [0, 0.05) is 0 Å². The molecule has 0 saturated heterocycles. The van der Waals surface area contributed by atoms with Gasteiger partial charge in [-0.15, -0.1) is 0 Å². The summed E-state index contributed by atoms with van der Waals surface area (Å²) in [7, 11) is 0. The van der Waals surface area contributed by atoms with Crippen molar-refractivity contribution in [1.82, 2.24) is 0 Å². The van der Waals surface area contributed by atoms with E-state index in [9.17, 15) is 14.0 Å². The molecule has 1 rings (SSSR count). The monoisotopic (exact) mass is 257 g/mol. The van der Waals surface area contributed by atoms with Crippen molar-refractivity contribution in [2.75, 3.05) is 0 Å². The second-order valence-corrected chi connectivity index (χ2v) is 5.14. The zero-order valence-corrected chi connectivity index (χ0v) is 10.4. The van der Waals surface area contributed by atoms with Gasteiger partial charge < -0.3 is 15.6 Å². The Kier molecular flexibility index (Phi) is 3.62. The number of carboxylic acids is 1. The number of rotatable bonds is 2. The van der Waals surface area contributed by atoms with Gasteiger partial charge in [0.2, 0.25) is 0 Å². The number of hydrogen-bond donors (Lipinski definition) is 2. The first-order valence-electron chi connectivity index (χ1n) is 5.38. The fourth-order valence-electron chi connectivity index (χ4n) is 1.51. The molecule has 100 valence electrons. The molecule has 18 heavy (non-hydrogen) atoms. The average molecular weight is 257 g/mol. The molecule has 0 radical (unpaired) electrons. The van der Waals surface area contributed by atoms with Crippen LogP contribution in [0.2, 0.25) is 0 Å². The highest BCUT2D eigenvalue weighted by molar-refractivity contribution is 5.92. The van der Waals surface area contributed by atoms with E-state index in [-0.39, 0.29) is 0 Å². The summed E-state index contributed by atoms with van der Waals surface area (Å²) >= 11 is 0. The normalized spacial score (nSPS) is 27.6. The Bertz CT molecular complexity index is 436. The van der Waals surface area contributed by atoms with Crippen LogP contribution in [0.5, 0.6) is 0 Å². The van der Waals surface area contributed by atoms with Gasteiger partial charge in [0.15, 0.2) is 5.54 Å². The van der Waals surface area contributed by atoms with Crippen molar-refractivity contribution in [3.8, 4) is 0 Å². The summed E-state index contributed by atoms with van der Waals surface area (Å²) in [5.74, 6) is -4.52. The van der Waals surface area contributed by atoms with Crippen LogP contribution in [0.15, 0.2) is 24.1 Å². The van der Waals surface area contributed by atoms with Crippen molar-refractivity contribution >= 4 is 11.9 Å². The summed E-state index contributed by atoms with van der Waals surface area (Å²) in [6.45, 7) is 4.90. The van der Waals surface area contributed by atoms with Crippen molar-refractivity contribution in [2.45, 2.75) is 31.9 Å². The number of carbonyl (C=O) groups excluding carboxylic acids is 1. The van der Waals surface area contributed by atoms with E-state index in [2.05, 4.69) is 0 Å². The largest absolute Gasteiger partial charge is 0.481 e. The molecule has 0 fully saturated rings. The van der Waals surface area contributed by atoms with Gasteiger partial charge in [0.1, 0.15) is 17.3 Å². The third-order valence-corrected chi connectivity index (χ3v) is 2.38. The molecule has 2 unspecified atom stereocenters. The lowest BCUT2D eigenvalue weighted by atomic mass is 9.81. The van der Waals surface area contributed by atoms with Crippen LogP contribution >= 0.6 is 0 Å². The molecule has 0 heterocycles. The van der Waals surface area contributed by atoms with E-state index >= 15 is 0 Å². The van der Waals surface area contributed by atoms with Crippen LogP contribution < -0.4 is 5.73 Å². The quantitative estimate of drug-likeness (QED) is 0.724. The van der Waals surface area contributed by atoms with Gasteiger partial charge in [0.25, 0.3) is 0 Å². The van der Waals surface area contributed by atoms with Crippen molar-refractivity contribution < 1.29 is 23.8 Å². The van der Waals surface area contributed by atoms with Crippen LogP contribution in [0, 0.1) is 5.92 Å². The fourth-order valence-corrected chi connectivity index (χ4v) is 1.51. The third kappa shape index (κ3) is 2.95. The van der Waals surface area contributed by atoms with E-state index in [0.29, 0.717) is 0 Å². The second kappa shape index (κ2) is 4.53. The van der Waals surface area contributed by atoms with Crippen LogP contribution in [0.25, 0.3) is 0 Å². The Labute approximate surface area is 104 Å². The van der Waals surface area contributed by atoms with E-state index < -0.39 is 34.8 Å². The Morgan fingerprint density at radius 2 is 2.06 bits per heavy atom. The molecule has 6 heteroatoms. The first-order valence-corrected chi connectivity index (χ1v) is 5.38. The van der Waals surface area contributed by atoms with Crippen LogP contribution in [-0.2, 0) is 14.3 Å². The molecule has 0 aromatic carbocycles. The predicted molar refractivity (Wildman–Crippen MR) is 62.2 cm³/mol. The van der Waals surface area contributed by atoms with Crippen LogP contribution in [0.1, 0.15) is 20.8 Å². The van der Waals surface area contributed by atoms with Crippen molar-refractivity contribution in [2.24, 2.45) is 11.7 Å². The highest BCUT2D eigenvalue weighted by Crippen LogP contribution is 2.28. The Morgan fingerprint density at radius 3 is 2.50 bits per heavy atom. The molecule has 0 amide bonds. The second-order valence-electron chi connectivity index (χ2n) is 5.14. The molecule has 0 spiro atoms. The molecule has 3 N–H and O–H groups in total. The number of esters is 1. The van der Waals surface area contributed by atoms with E-state index in [4.69, 9.17) is 15.6 Å². The minimum Gasteiger partial charge on any atom is -0.481 e. The lowest BCUT2D eigenvalue weighted by Crippen LogP contribution is -2.57. The molecular formula is C12H16FNO4. The molecule has 0 aromatic rings. The molecular weight excluding hydrogens is 241 g/mol. The summed E-state index contributed by atoms with van der Waals surface area (Å²) in [6, 6.07) is 0. The number of carbonyl (C=O) groups is 2. The fraction of sp³-hybridized carbons (Fsp3) is 0.500. The van der Waals surface area contributed by atoms with Gasteiger partial charge >= 0.3 is 11.9 Å². The lowest BCUT2D eigenvalue weighted by Gasteiger charge is -2.33. The van der Waals surface area contributed by atoms with Crippen LogP contribution in [-0.4, -0.2) is 28.2 Å². The number of nitrogens with two attached hydrogens (primary N) is 1. The smallest absolute Gasteiger partial charge is 0.331 e. The molecule has 1 aliphatic rings. The summed E-state index contributed by atoms with van der Waals surface area (Å²) in [5.41, 5.74) is 3.06. The van der Waals surface area contributed by atoms with Crippen LogP contribution in [0.3, 0.4) is 0 Å². The van der Waals surface area contributed by atoms with Gasteiger partial charge in [-0.2, -0.15) is 0 Å². The lowest BCUT2D eigenvalue weighted by molar-refractivity contribution is -0.164. The highest BCUT2D eigenvalue weighted by Gasteiger charge is 2.47. The number of halogens is 1. The molecule has 5 nitrogen and oxygen atoms in total. The van der Waals surface area contributed by atoms with Gasteiger partial charge in [-0.3, -0.25) is 4.79 Å². The Hall–Kier alpha value is -1.69. The summed E-state index contributed by atoms with van der Waals surface area (Å²) in [5, 5.41) is 9.01. The minimum atomic E-state index is -1.89. The SMILES string of the molecule is CC(C)(C)OC(=O)C1(N)C=CC(F)=CC1C(=O)O. The van der Waals surface area contributed by atoms with Gasteiger partial charge in [0.05, 0.1) is 0 Å². The summed E-state index contributed by atoms with van der Waals surface area (Å²) in [6.07, 6.45) is 2.78. The predicted octanol–water partition coefficient (Wildman–Crippen LogP) is 1.15. The average Bonchev–Trinajstić information content (AvgIpc) is 2.19. The minimum absolute atomic E-state index is 0.743. The molecule has 1 aliphatic carbocycles. The molecule has 0 aromatic heterocycles. The zero-order chi connectivity index (χ0) is 14.1. The molecule has 0 saturated carbocycles. The maximum absolute atomic E-state index is 13.0. The number of hydrogen-bond acceptors (Lipinski definition) is 4. The van der Waals surface area contributed by atoms with Crippen molar-refractivity contribution in [1.29, 1.82) is 0 Å². The number of carboxylic acid groups (broad SMARTS) is 1. The number of aliphatic carboxylic acids is 1. The number of ether oxygens (including phenoxy) is 1.